The molecule has 11 heteroatoms. The molecule has 0 saturated carbocycles. The van der Waals surface area contributed by atoms with Gasteiger partial charge in [0.15, 0.2) is 0 Å². The zero-order chi connectivity index (χ0) is 21.0. The lowest BCUT2D eigenvalue weighted by Gasteiger charge is -2.10. The van der Waals surface area contributed by atoms with Gasteiger partial charge in [0.2, 0.25) is 5.88 Å². The SMILES string of the molecule is CC(C)OC(=O)COCc1cc(-c2nn(C)c(OC(F)F)c2Cl)c(F)cc1Cl. The van der Waals surface area contributed by atoms with Crippen LogP contribution in [0.1, 0.15) is 19.4 Å². The van der Waals surface area contributed by atoms with Crippen molar-refractivity contribution in [2.24, 2.45) is 7.05 Å². The number of esters is 1. The van der Waals surface area contributed by atoms with Crippen LogP contribution in [0.4, 0.5) is 13.2 Å². The van der Waals surface area contributed by atoms with Gasteiger partial charge in [0.1, 0.15) is 23.1 Å². The van der Waals surface area contributed by atoms with Crippen molar-refractivity contribution in [2.75, 3.05) is 6.61 Å². The fourth-order valence-corrected chi connectivity index (χ4v) is 2.81. The molecule has 0 aliphatic rings. The van der Waals surface area contributed by atoms with Gasteiger partial charge in [0.05, 0.1) is 12.7 Å². The molecule has 0 atom stereocenters. The molecule has 0 unspecified atom stereocenters. The Morgan fingerprint density at radius 2 is 1.96 bits per heavy atom. The summed E-state index contributed by atoms with van der Waals surface area (Å²) in [5.41, 5.74) is 0.153. The number of nitrogens with zero attached hydrogens (tertiary/aromatic N) is 2. The number of rotatable bonds is 8. The van der Waals surface area contributed by atoms with Crippen molar-refractivity contribution in [3.05, 3.63) is 33.6 Å². The second-order valence-electron chi connectivity index (χ2n) is 5.92. The van der Waals surface area contributed by atoms with E-state index in [-0.39, 0.29) is 40.6 Å². The average Bonchev–Trinajstić information content (AvgIpc) is 2.84. The molecule has 1 aromatic carbocycles. The highest BCUT2D eigenvalue weighted by atomic mass is 35.5. The fourth-order valence-electron chi connectivity index (χ4n) is 2.29. The van der Waals surface area contributed by atoms with E-state index < -0.39 is 24.3 Å². The van der Waals surface area contributed by atoms with Gasteiger partial charge in [-0.25, -0.2) is 13.9 Å². The van der Waals surface area contributed by atoms with Crippen LogP contribution >= 0.6 is 23.2 Å². The molecule has 154 valence electrons. The molecule has 0 aliphatic heterocycles. The number of halogens is 5. The van der Waals surface area contributed by atoms with E-state index in [9.17, 15) is 18.0 Å². The predicted octanol–water partition coefficient (Wildman–Crippen LogP) is 4.60. The quantitative estimate of drug-likeness (QED) is 0.561. The molecule has 2 aromatic rings. The Balaban J connectivity index is 2.25. The van der Waals surface area contributed by atoms with E-state index in [4.69, 9.17) is 32.7 Å². The van der Waals surface area contributed by atoms with Gasteiger partial charge in [-0.1, -0.05) is 23.2 Å². The van der Waals surface area contributed by atoms with Crippen LogP contribution in [0.2, 0.25) is 10.0 Å². The number of carbonyl (C=O) groups excluding carboxylic acids is 1. The molecule has 0 aliphatic carbocycles. The molecule has 6 nitrogen and oxygen atoms in total. The number of ether oxygens (including phenoxy) is 3. The lowest BCUT2D eigenvalue weighted by atomic mass is 10.1. The molecule has 0 spiro atoms. The van der Waals surface area contributed by atoms with E-state index in [1.165, 1.54) is 13.1 Å². The maximum atomic E-state index is 14.4. The van der Waals surface area contributed by atoms with Gasteiger partial charge >= 0.3 is 12.6 Å². The van der Waals surface area contributed by atoms with Crippen molar-refractivity contribution in [3.63, 3.8) is 0 Å². The van der Waals surface area contributed by atoms with Crippen LogP contribution in [0.25, 0.3) is 11.3 Å². The van der Waals surface area contributed by atoms with Crippen LogP contribution in [0.5, 0.6) is 5.88 Å². The highest BCUT2D eigenvalue weighted by Crippen LogP contribution is 2.38. The molecule has 0 fully saturated rings. The Morgan fingerprint density at radius 3 is 2.57 bits per heavy atom. The number of carbonyl (C=O) groups is 1. The smallest absolute Gasteiger partial charge is 0.388 e. The Morgan fingerprint density at radius 1 is 1.29 bits per heavy atom. The van der Waals surface area contributed by atoms with Crippen molar-refractivity contribution in [1.82, 2.24) is 9.78 Å². The number of alkyl halides is 2. The third-order valence-electron chi connectivity index (χ3n) is 3.38. The fraction of sp³-hybridized carbons (Fsp3) is 0.412. The highest BCUT2D eigenvalue weighted by molar-refractivity contribution is 6.34. The lowest BCUT2D eigenvalue weighted by molar-refractivity contribution is -0.153. The number of hydrogen-bond acceptors (Lipinski definition) is 5. The molecule has 0 N–H and O–H groups in total. The second kappa shape index (κ2) is 9.49. The standard InChI is InChI=1S/C17H17Cl2F3N2O4/c1-8(2)27-13(25)7-26-6-9-4-10(12(20)5-11(9)18)15-14(19)16(24(3)23-15)28-17(21)22/h4-5,8,17H,6-7H2,1-3H3. The van der Waals surface area contributed by atoms with E-state index in [1.807, 2.05) is 0 Å². The first kappa shape index (κ1) is 22.3. The number of aromatic nitrogens is 2. The predicted molar refractivity (Wildman–Crippen MR) is 96.1 cm³/mol. The van der Waals surface area contributed by atoms with Crippen molar-refractivity contribution in [1.29, 1.82) is 0 Å². The van der Waals surface area contributed by atoms with Crippen LogP contribution < -0.4 is 4.74 Å². The van der Waals surface area contributed by atoms with Gasteiger partial charge in [-0.3, -0.25) is 0 Å². The van der Waals surface area contributed by atoms with E-state index in [0.29, 0.717) is 5.56 Å². The molecule has 0 saturated heterocycles. The lowest BCUT2D eigenvalue weighted by Crippen LogP contribution is -2.17. The summed E-state index contributed by atoms with van der Waals surface area (Å²) in [4.78, 5) is 11.5. The normalized spacial score (nSPS) is 11.4. The number of benzene rings is 1. The van der Waals surface area contributed by atoms with Crippen LogP contribution in [0, 0.1) is 5.82 Å². The molecule has 0 amide bonds. The molecular weight excluding hydrogens is 424 g/mol. The second-order valence-corrected chi connectivity index (χ2v) is 6.71. The van der Waals surface area contributed by atoms with Crippen molar-refractivity contribution in [3.8, 4) is 17.1 Å². The number of aryl methyl sites for hydroxylation is 1. The average molecular weight is 441 g/mol. The van der Waals surface area contributed by atoms with Crippen LogP contribution in [-0.4, -0.2) is 35.1 Å². The number of hydrogen-bond donors (Lipinski definition) is 0. The van der Waals surface area contributed by atoms with Crippen molar-refractivity contribution < 1.29 is 32.2 Å². The van der Waals surface area contributed by atoms with Crippen molar-refractivity contribution in [2.45, 2.75) is 33.2 Å². The topological polar surface area (TPSA) is 62.6 Å². The van der Waals surface area contributed by atoms with E-state index >= 15 is 0 Å². The summed E-state index contributed by atoms with van der Waals surface area (Å²) >= 11 is 12.0. The first-order valence-electron chi connectivity index (χ1n) is 8.03. The minimum absolute atomic E-state index is 0.0505. The van der Waals surface area contributed by atoms with E-state index in [1.54, 1.807) is 13.8 Å². The minimum Gasteiger partial charge on any atom is -0.461 e. The van der Waals surface area contributed by atoms with Crippen LogP contribution in [0.15, 0.2) is 12.1 Å². The van der Waals surface area contributed by atoms with E-state index in [2.05, 4.69) is 9.84 Å². The Hall–Kier alpha value is -1.97. The van der Waals surface area contributed by atoms with E-state index in [0.717, 1.165) is 10.7 Å². The Kier molecular flexibility index (Phi) is 7.56. The summed E-state index contributed by atoms with van der Waals surface area (Å²) in [6, 6.07) is 2.33. The molecule has 0 radical (unpaired) electrons. The summed E-state index contributed by atoms with van der Waals surface area (Å²) in [5.74, 6) is -1.73. The Bertz CT molecular complexity index is 859. The maximum absolute atomic E-state index is 14.4. The third kappa shape index (κ3) is 5.52. The minimum atomic E-state index is -3.12. The monoisotopic (exact) mass is 440 g/mol. The summed E-state index contributed by atoms with van der Waals surface area (Å²) < 4.78 is 54.9. The first-order valence-corrected chi connectivity index (χ1v) is 8.78. The molecule has 1 aromatic heterocycles. The van der Waals surface area contributed by atoms with Crippen LogP contribution in [0.3, 0.4) is 0 Å². The van der Waals surface area contributed by atoms with Gasteiger partial charge in [-0.05, 0) is 31.5 Å². The van der Waals surface area contributed by atoms with Crippen molar-refractivity contribution >= 4 is 29.2 Å². The van der Waals surface area contributed by atoms with Gasteiger partial charge < -0.3 is 14.2 Å². The summed E-state index contributed by atoms with van der Waals surface area (Å²) in [6.45, 7) is -0.166. The summed E-state index contributed by atoms with van der Waals surface area (Å²) in [6.07, 6.45) is -0.284. The van der Waals surface area contributed by atoms with Crippen LogP contribution in [-0.2, 0) is 27.9 Å². The summed E-state index contributed by atoms with van der Waals surface area (Å²) in [7, 11) is 1.32. The molecule has 0 bridgehead atoms. The molecule has 2 rings (SSSR count). The molecular formula is C17H17Cl2F3N2O4. The zero-order valence-electron chi connectivity index (χ0n) is 15.1. The zero-order valence-corrected chi connectivity index (χ0v) is 16.7. The largest absolute Gasteiger partial charge is 0.461 e. The Labute approximate surface area is 169 Å². The first-order chi connectivity index (χ1) is 13.1. The van der Waals surface area contributed by atoms with Gasteiger partial charge in [-0.2, -0.15) is 13.9 Å². The maximum Gasteiger partial charge on any atom is 0.388 e. The summed E-state index contributed by atoms with van der Waals surface area (Å²) in [5, 5.41) is 3.70. The van der Waals surface area contributed by atoms with Gasteiger partial charge in [0, 0.05) is 17.6 Å². The molecule has 1 heterocycles. The van der Waals surface area contributed by atoms with Gasteiger partial charge in [-0.15, -0.1) is 0 Å². The molecule has 28 heavy (non-hydrogen) atoms. The third-order valence-corrected chi connectivity index (χ3v) is 4.07. The highest BCUT2D eigenvalue weighted by Gasteiger charge is 2.23. The van der Waals surface area contributed by atoms with Gasteiger partial charge in [0.25, 0.3) is 0 Å².